The van der Waals surface area contributed by atoms with E-state index in [9.17, 15) is 20.1 Å². The quantitative estimate of drug-likeness (QED) is 0.312. The number of halogens is 3. The molecule has 23 heavy (non-hydrogen) atoms. The number of hydrogen-bond acceptors (Lipinski definition) is 7. The van der Waals surface area contributed by atoms with Crippen LogP contribution in [0.15, 0.2) is 12.1 Å². The molecule has 0 unspecified atom stereocenters. The Morgan fingerprint density at radius 3 is 2.04 bits per heavy atom. The van der Waals surface area contributed by atoms with Crippen LogP contribution in [0.3, 0.4) is 0 Å². The Bertz CT molecular complexity index is 539. The predicted molar refractivity (Wildman–Crippen MR) is 84.4 cm³/mol. The van der Waals surface area contributed by atoms with Gasteiger partial charge < -0.3 is 25.5 Å². The van der Waals surface area contributed by atoms with Crippen molar-refractivity contribution in [1.82, 2.24) is 5.43 Å². The number of aliphatic hydroxyl groups excluding tert-OH is 5. The zero-order chi connectivity index (χ0) is 17.7. The second-order valence-electron chi connectivity index (χ2n) is 4.53. The molecule has 130 valence electrons. The van der Waals surface area contributed by atoms with Crippen LogP contribution in [0.2, 0.25) is 15.1 Å². The fourth-order valence-corrected chi connectivity index (χ4v) is 2.45. The molecule has 0 aliphatic rings. The van der Waals surface area contributed by atoms with Gasteiger partial charge in [-0.05, 0) is 12.1 Å². The minimum atomic E-state index is -2.09. The molecule has 0 fully saturated rings. The highest BCUT2D eigenvalue weighted by molar-refractivity contribution is 6.41. The number of nitrogens with one attached hydrogen (secondary N) is 2. The zero-order valence-corrected chi connectivity index (χ0v) is 13.7. The van der Waals surface area contributed by atoms with Crippen molar-refractivity contribution in [3.63, 3.8) is 0 Å². The van der Waals surface area contributed by atoms with Crippen molar-refractivity contribution in [2.45, 2.75) is 24.4 Å². The minimum Gasteiger partial charge on any atom is -0.394 e. The van der Waals surface area contributed by atoms with Crippen LogP contribution in [-0.2, 0) is 4.79 Å². The Morgan fingerprint density at radius 2 is 1.57 bits per heavy atom. The molecule has 0 bridgehead atoms. The van der Waals surface area contributed by atoms with E-state index in [4.69, 9.17) is 45.0 Å². The summed E-state index contributed by atoms with van der Waals surface area (Å²) in [6.45, 7) is -0.860. The molecule has 0 aliphatic carbocycles. The first-order chi connectivity index (χ1) is 10.7. The molecule has 7 N–H and O–H groups in total. The lowest BCUT2D eigenvalue weighted by Crippen LogP contribution is -2.52. The van der Waals surface area contributed by atoms with E-state index >= 15 is 0 Å². The maximum absolute atomic E-state index is 11.7. The topological polar surface area (TPSA) is 142 Å². The number of aliphatic hydroxyl groups is 5. The van der Waals surface area contributed by atoms with Gasteiger partial charge in [0, 0.05) is 5.02 Å². The highest BCUT2D eigenvalue weighted by Crippen LogP contribution is 2.33. The Kier molecular flexibility index (Phi) is 7.78. The van der Waals surface area contributed by atoms with Gasteiger partial charge in [0.15, 0.2) is 6.10 Å². The van der Waals surface area contributed by atoms with Gasteiger partial charge in [0.25, 0.3) is 5.91 Å². The Balaban J connectivity index is 2.70. The smallest absolute Gasteiger partial charge is 0.269 e. The van der Waals surface area contributed by atoms with Crippen LogP contribution in [0.1, 0.15) is 0 Å². The van der Waals surface area contributed by atoms with E-state index in [1.54, 1.807) is 0 Å². The van der Waals surface area contributed by atoms with Gasteiger partial charge in [-0.1, -0.05) is 34.8 Å². The highest BCUT2D eigenvalue weighted by Gasteiger charge is 2.34. The molecule has 8 nitrogen and oxygen atoms in total. The molecule has 4 atom stereocenters. The maximum atomic E-state index is 11.7. The van der Waals surface area contributed by atoms with E-state index in [0.717, 1.165) is 0 Å². The van der Waals surface area contributed by atoms with Crippen molar-refractivity contribution >= 4 is 46.4 Å². The number of carbonyl (C=O) groups is 1. The fraction of sp³-hybridized carbons (Fsp3) is 0.417. The average Bonchev–Trinajstić information content (AvgIpc) is 2.50. The van der Waals surface area contributed by atoms with Crippen molar-refractivity contribution in [2.75, 3.05) is 12.0 Å². The number of benzene rings is 1. The molecule has 1 rings (SSSR count). The number of hydrazine groups is 1. The van der Waals surface area contributed by atoms with Crippen molar-refractivity contribution in [3.8, 4) is 0 Å². The molecule has 11 heteroatoms. The van der Waals surface area contributed by atoms with E-state index < -0.39 is 36.9 Å². The summed E-state index contributed by atoms with van der Waals surface area (Å²) in [7, 11) is 0. The molecule has 0 spiro atoms. The molecule has 1 aromatic rings. The molecular weight excluding hydrogens is 374 g/mol. The molecule has 0 radical (unpaired) electrons. The Labute approximate surface area is 146 Å². The van der Waals surface area contributed by atoms with Gasteiger partial charge in [0.2, 0.25) is 0 Å². The lowest BCUT2D eigenvalue weighted by Gasteiger charge is -2.25. The standard InChI is InChI=1S/C12H15Cl3N2O6/c13-4-1-5(14)8(6(15)2-4)16-17-12(23)11(22)10(21)9(20)7(19)3-18/h1-2,7,9-11,16,18-22H,3H2,(H,17,23)/t7-,9-,10-,11+/m1/s1. The summed E-state index contributed by atoms with van der Waals surface area (Å²) >= 11 is 17.5. The highest BCUT2D eigenvalue weighted by atomic mass is 35.5. The van der Waals surface area contributed by atoms with Crippen molar-refractivity contribution in [2.24, 2.45) is 0 Å². The number of carbonyl (C=O) groups excluding carboxylic acids is 1. The van der Waals surface area contributed by atoms with Gasteiger partial charge in [-0.2, -0.15) is 0 Å². The summed E-state index contributed by atoms with van der Waals surface area (Å²) in [6.07, 6.45) is -7.78. The second-order valence-corrected chi connectivity index (χ2v) is 5.79. The van der Waals surface area contributed by atoms with E-state index in [1.807, 2.05) is 5.43 Å². The molecular formula is C12H15Cl3N2O6. The number of rotatable bonds is 7. The average molecular weight is 390 g/mol. The van der Waals surface area contributed by atoms with Crippen LogP contribution in [0.25, 0.3) is 0 Å². The molecule has 1 amide bonds. The van der Waals surface area contributed by atoms with Gasteiger partial charge >= 0.3 is 0 Å². The Hall–Kier alpha value is -0.840. The first-order valence-electron chi connectivity index (χ1n) is 6.22. The maximum Gasteiger partial charge on any atom is 0.269 e. The number of anilines is 1. The molecule has 0 saturated heterocycles. The van der Waals surface area contributed by atoms with E-state index in [-0.39, 0.29) is 20.8 Å². The Morgan fingerprint density at radius 1 is 1.04 bits per heavy atom. The molecule has 0 aromatic heterocycles. The van der Waals surface area contributed by atoms with Crippen LogP contribution >= 0.6 is 34.8 Å². The first-order valence-corrected chi connectivity index (χ1v) is 7.36. The molecule has 0 aliphatic heterocycles. The van der Waals surface area contributed by atoms with Crippen molar-refractivity contribution < 1.29 is 30.3 Å². The van der Waals surface area contributed by atoms with Crippen molar-refractivity contribution in [1.29, 1.82) is 0 Å². The molecule has 1 aromatic carbocycles. The van der Waals surface area contributed by atoms with Gasteiger partial charge in [0.1, 0.15) is 18.3 Å². The van der Waals surface area contributed by atoms with E-state index in [0.29, 0.717) is 0 Å². The largest absolute Gasteiger partial charge is 0.394 e. The third-order valence-electron chi connectivity index (χ3n) is 2.84. The first kappa shape index (κ1) is 20.2. The summed E-state index contributed by atoms with van der Waals surface area (Å²) in [5.74, 6) is -1.14. The van der Waals surface area contributed by atoms with Crippen LogP contribution < -0.4 is 10.9 Å². The minimum absolute atomic E-state index is 0.0913. The van der Waals surface area contributed by atoms with Gasteiger partial charge in [-0.3, -0.25) is 15.6 Å². The normalized spacial score (nSPS) is 16.3. The van der Waals surface area contributed by atoms with E-state index in [2.05, 4.69) is 5.43 Å². The van der Waals surface area contributed by atoms with Crippen LogP contribution in [0.4, 0.5) is 5.69 Å². The molecule has 0 heterocycles. The summed E-state index contributed by atoms with van der Waals surface area (Å²) in [6, 6.07) is 2.71. The monoisotopic (exact) mass is 388 g/mol. The summed E-state index contributed by atoms with van der Waals surface area (Å²) in [5, 5.41) is 46.9. The number of amides is 1. The lowest BCUT2D eigenvalue weighted by molar-refractivity contribution is -0.148. The van der Waals surface area contributed by atoms with Gasteiger partial charge in [-0.25, -0.2) is 0 Å². The summed E-state index contributed by atoms with van der Waals surface area (Å²) in [4.78, 5) is 11.7. The summed E-state index contributed by atoms with van der Waals surface area (Å²) in [5.41, 5.74) is 4.47. The van der Waals surface area contributed by atoms with Crippen LogP contribution in [0.5, 0.6) is 0 Å². The second kappa shape index (κ2) is 8.86. The third kappa shape index (κ3) is 5.33. The van der Waals surface area contributed by atoms with Crippen molar-refractivity contribution in [3.05, 3.63) is 27.2 Å². The number of hydrogen-bond donors (Lipinski definition) is 7. The van der Waals surface area contributed by atoms with E-state index in [1.165, 1.54) is 12.1 Å². The molecule has 0 saturated carbocycles. The third-order valence-corrected chi connectivity index (χ3v) is 3.66. The fourth-order valence-electron chi connectivity index (χ4n) is 1.54. The zero-order valence-electron chi connectivity index (χ0n) is 11.4. The lowest BCUT2D eigenvalue weighted by atomic mass is 10.0. The van der Waals surface area contributed by atoms with Crippen LogP contribution in [-0.4, -0.2) is 62.5 Å². The van der Waals surface area contributed by atoms with Crippen LogP contribution in [0, 0.1) is 0 Å². The predicted octanol–water partition coefficient (Wildman–Crippen LogP) is -0.474. The van der Waals surface area contributed by atoms with Gasteiger partial charge in [0.05, 0.1) is 22.3 Å². The van der Waals surface area contributed by atoms with Gasteiger partial charge in [-0.15, -0.1) is 0 Å². The summed E-state index contributed by atoms with van der Waals surface area (Å²) < 4.78 is 0. The SMILES string of the molecule is O=C(NNc1c(Cl)cc(Cl)cc1Cl)[C@@H](O)[C@H](O)[C@H](O)[C@H](O)CO.